The van der Waals surface area contributed by atoms with E-state index < -0.39 is 6.04 Å². The van der Waals surface area contributed by atoms with Gasteiger partial charge in [-0.15, -0.1) is 10.2 Å². The molecule has 9 heteroatoms. The Morgan fingerprint density at radius 1 is 1.24 bits per heavy atom. The minimum atomic E-state index is -0.427. The quantitative estimate of drug-likeness (QED) is 0.683. The molecule has 2 N–H and O–H groups in total. The molecule has 0 spiro atoms. The molecule has 3 heterocycles. The molecule has 1 atom stereocenters. The van der Waals surface area contributed by atoms with E-state index >= 15 is 0 Å². The van der Waals surface area contributed by atoms with Crippen molar-refractivity contribution >= 4 is 28.6 Å². The van der Waals surface area contributed by atoms with E-state index in [-0.39, 0.29) is 11.1 Å². The van der Waals surface area contributed by atoms with Crippen molar-refractivity contribution < 1.29 is 9.47 Å². The first-order valence-corrected chi connectivity index (χ1v) is 5.36. The van der Waals surface area contributed by atoms with Crippen LogP contribution in [0.15, 0.2) is 25.4 Å². The summed E-state index contributed by atoms with van der Waals surface area (Å²) >= 11 is 5.67. The van der Waals surface area contributed by atoms with Crippen LogP contribution in [-0.4, -0.2) is 43.0 Å². The Hall–Kier alpha value is -1.38. The zero-order valence-electron chi connectivity index (χ0n) is 8.91. The maximum absolute atomic E-state index is 5.67. The average molecular weight is 259 g/mol. The molecule has 17 heavy (non-hydrogen) atoms. The van der Waals surface area contributed by atoms with Gasteiger partial charge in [-0.1, -0.05) is 11.6 Å². The Bertz CT molecular complexity index is 389. The van der Waals surface area contributed by atoms with Crippen molar-refractivity contribution in [2.45, 2.75) is 12.5 Å². The molecule has 0 saturated carbocycles. The molecule has 0 aromatic rings. The summed E-state index contributed by atoms with van der Waals surface area (Å²) in [5.41, 5.74) is 5.30. The topological polar surface area (TPSA) is 106 Å². The summed E-state index contributed by atoms with van der Waals surface area (Å²) in [6.45, 7) is 2.25. The number of aliphatic imine (C=N–C) groups is 2. The lowest BCUT2D eigenvalue weighted by atomic mass is 10.3. The van der Waals surface area contributed by atoms with Gasteiger partial charge in [0.1, 0.15) is 12.0 Å². The zero-order valence-corrected chi connectivity index (χ0v) is 9.67. The van der Waals surface area contributed by atoms with Gasteiger partial charge in [-0.25, -0.2) is 4.99 Å². The number of rotatable bonds is 0. The number of hydrogen-bond acceptors (Lipinski definition) is 8. The van der Waals surface area contributed by atoms with Gasteiger partial charge in [0.2, 0.25) is 5.96 Å². The van der Waals surface area contributed by atoms with Gasteiger partial charge in [0.05, 0.1) is 13.2 Å². The molecule has 1 fully saturated rings. The first-order valence-electron chi connectivity index (χ1n) is 4.99. The molecule has 3 aliphatic rings. The molecule has 0 aliphatic carbocycles. The van der Waals surface area contributed by atoms with Crippen LogP contribution >= 0.6 is 11.6 Å². The van der Waals surface area contributed by atoms with Gasteiger partial charge in [0.15, 0.2) is 11.9 Å². The number of hydrogen-bond donors (Lipinski definition) is 1. The van der Waals surface area contributed by atoms with E-state index in [0.717, 1.165) is 19.6 Å². The molecular formula is C8H11ClN6O2. The molecule has 92 valence electrons. The highest BCUT2D eigenvalue weighted by Crippen LogP contribution is 2.14. The van der Waals surface area contributed by atoms with Gasteiger partial charge in [-0.2, -0.15) is 4.99 Å². The lowest BCUT2D eigenvalue weighted by molar-refractivity contribution is -0.0963. The molecule has 0 aromatic heterocycles. The second kappa shape index (κ2) is 5.80. The molecule has 0 radical (unpaired) electrons. The number of fused-ring (bicyclic) bond motifs is 1. The van der Waals surface area contributed by atoms with Crippen molar-refractivity contribution in [3.63, 3.8) is 0 Å². The lowest BCUT2D eigenvalue weighted by Crippen LogP contribution is -2.29. The maximum atomic E-state index is 5.67. The lowest BCUT2D eigenvalue weighted by Gasteiger charge is -2.09. The summed E-state index contributed by atoms with van der Waals surface area (Å²) in [7, 11) is 0. The van der Waals surface area contributed by atoms with Gasteiger partial charge in [0.25, 0.3) is 0 Å². The van der Waals surface area contributed by atoms with Gasteiger partial charge < -0.3 is 15.2 Å². The van der Waals surface area contributed by atoms with E-state index in [9.17, 15) is 0 Å². The van der Waals surface area contributed by atoms with E-state index in [2.05, 4.69) is 25.4 Å². The minimum absolute atomic E-state index is 0.0947. The van der Waals surface area contributed by atoms with Gasteiger partial charge in [-0.05, 0) is 11.6 Å². The Kier molecular flexibility index (Phi) is 4.13. The molecule has 0 bridgehead atoms. The highest BCUT2D eigenvalue weighted by atomic mass is 35.5. The molecular weight excluding hydrogens is 248 g/mol. The summed E-state index contributed by atoms with van der Waals surface area (Å²) in [5.74, 6) is 0.500. The number of ether oxygens (including phenoxy) is 2. The van der Waals surface area contributed by atoms with Crippen LogP contribution in [0.3, 0.4) is 0 Å². The number of guanidine groups is 1. The minimum Gasteiger partial charge on any atom is -0.368 e. The average Bonchev–Trinajstić information content (AvgIpc) is 2.80. The molecule has 1 saturated heterocycles. The highest BCUT2D eigenvalue weighted by molar-refractivity contribution is 6.70. The summed E-state index contributed by atoms with van der Waals surface area (Å²) in [4.78, 5) is 7.48. The summed E-state index contributed by atoms with van der Waals surface area (Å²) in [6.07, 6.45) is 1.06. The maximum Gasteiger partial charge on any atom is 0.223 e. The van der Waals surface area contributed by atoms with Crippen molar-refractivity contribution in [3.05, 3.63) is 0 Å². The summed E-state index contributed by atoms with van der Waals surface area (Å²) in [5, 5.41) is 10.9. The fraction of sp³-hybridized carbons (Fsp3) is 0.625. The van der Waals surface area contributed by atoms with Crippen LogP contribution < -0.4 is 5.73 Å². The van der Waals surface area contributed by atoms with Crippen LogP contribution in [0.5, 0.6) is 0 Å². The van der Waals surface area contributed by atoms with Crippen molar-refractivity contribution in [1.29, 1.82) is 0 Å². The second-order valence-corrected chi connectivity index (χ2v) is 3.65. The first kappa shape index (κ1) is 12.1. The standard InChI is InChI=1S/C4H3ClN6.C4H8O2/c5-2-1-3(10-11-9-1)8-4(6)7-2;1-2-5-4-6-3-1/h1H,(H2,6,8,9,10);1-4H2. The van der Waals surface area contributed by atoms with Crippen LogP contribution in [0.2, 0.25) is 0 Å². The van der Waals surface area contributed by atoms with Crippen molar-refractivity contribution in [2.75, 3.05) is 20.0 Å². The van der Waals surface area contributed by atoms with E-state index in [4.69, 9.17) is 26.8 Å². The van der Waals surface area contributed by atoms with Crippen LogP contribution in [0.25, 0.3) is 0 Å². The third-order valence-corrected chi connectivity index (χ3v) is 2.27. The Labute approximate surface area is 102 Å². The zero-order chi connectivity index (χ0) is 12.1. The predicted molar refractivity (Wildman–Crippen MR) is 62.4 cm³/mol. The smallest absolute Gasteiger partial charge is 0.223 e. The number of nitrogens with two attached hydrogens (primary N) is 1. The number of nitrogens with zero attached hydrogens (tertiary/aromatic N) is 5. The fourth-order valence-corrected chi connectivity index (χ4v) is 1.45. The second-order valence-electron chi connectivity index (χ2n) is 3.26. The Balaban J connectivity index is 0.000000153. The Morgan fingerprint density at radius 3 is 2.59 bits per heavy atom. The van der Waals surface area contributed by atoms with E-state index in [1.165, 1.54) is 0 Å². The first-order chi connectivity index (χ1) is 8.27. The van der Waals surface area contributed by atoms with Gasteiger partial charge in [-0.3, -0.25) is 0 Å². The van der Waals surface area contributed by atoms with Gasteiger partial charge in [0, 0.05) is 0 Å². The normalized spacial score (nSPS) is 26.2. The third kappa shape index (κ3) is 3.29. The molecule has 3 aliphatic heterocycles. The summed E-state index contributed by atoms with van der Waals surface area (Å²) in [6, 6.07) is -0.427. The number of halogens is 1. The monoisotopic (exact) mass is 258 g/mol. The summed E-state index contributed by atoms with van der Waals surface area (Å²) < 4.78 is 9.69. The van der Waals surface area contributed by atoms with Crippen molar-refractivity contribution in [3.8, 4) is 0 Å². The van der Waals surface area contributed by atoms with E-state index in [0.29, 0.717) is 12.6 Å². The SMILES string of the molecule is C1COCOC1.NC1=NC2=NN=NC2C(Cl)=N1. The molecule has 0 amide bonds. The molecule has 3 rings (SSSR count). The van der Waals surface area contributed by atoms with Crippen LogP contribution in [-0.2, 0) is 9.47 Å². The predicted octanol–water partition coefficient (Wildman–Crippen LogP) is 0.481. The molecule has 0 aromatic carbocycles. The molecule has 8 nitrogen and oxygen atoms in total. The Morgan fingerprint density at radius 2 is 2.00 bits per heavy atom. The van der Waals surface area contributed by atoms with Gasteiger partial charge >= 0.3 is 0 Å². The van der Waals surface area contributed by atoms with Crippen LogP contribution in [0.4, 0.5) is 0 Å². The van der Waals surface area contributed by atoms with Crippen molar-refractivity contribution in [2.24, 2.45) is 31.2 Å². The fourth-order valence-electron chi connectivity index (χ4n) is 1.22. The highest BCUT2D eigenvalue weighted by Gasteiger charge is 2.28. The van der Waals surface area contributed by atoms with Crippen LogP contribution in [0.1, 0.15) is 6.42 Å². The van der Waals surface area contributed by atoms with E-state index in [1.54, 1.807) is 0 Å². The largest absolute Gasteiger partial charge is 0.368 e. The molecule has 1 unspecified atom stereocenters. The van der Waals surface area contributed by atoms with Crippen LogP contribution in [0, 0.1) is 0 Å². The third-order valence-electron chi connectivity index (χ3n) is 1.98. The van der Waals surface area contributed by atoms with E-state index in [1.807, 2.05) is 0 Å². The van der Waals surface area contributed by atoms with Crippen molar-refractivity contribution in [1.82, 2.24) is 0 Å². The number of amidine groups is 1.